The number of amides is 1. The number of hydrogen-bond acceptors (Lipinski definition) is 4. The number of rotatable bonds is 5. The van der Waals surface area contributed by atoms with Crippen molar-refractivity contribution in [2.45, 2.75) is 12.9 Å². The van der Waals surface area contributed by atoms with Crippen LogP contribution in [-0.4, -0.2) is 53.5 Å². The predicted octanol–water partition coefficient (Wildman–Crippen LogP) is 4.17. The lowest BCUT2D eigenvalue weighted by Crippen LogP contribution is -2.47. The molecule has 0 radical (unpaired) electrons. The van der Waals surface area contributed by atoms with Gasteiger partial charge < -0.3 is 19.5 Å². The number of halogens is 3. The van der Waals surface area contributed by atoms with Gasteiger partial charge >= 0.3 is 12.5 Å². The third-order valence-electron chi connectivity index (χ3n) is 4.24. The van der Waals surface area contributed by atoms with Gasteiger partial charge in [0.1, 0.15) is 17.2 Å². The molecule has 9 heteroatoms. The van der Waals surface area contributed by atoms with Crippen LogP contribution in [0.1, 0.15) is 5.56 Å². The Kier molecular flexibility index (Phi) is 5.93. The molecule has 0 bridgehead atoms. The number of alkyl halides is 3. The number of benzene rings is 2. The fraction of sp³-hybridized carbons (Fsp3) is 0.316. The number of carbonyl (C=O) groups is 1. The van der Waals surface area contributed by atoms with E-state index >= 15 is 0 Å². The first-order valence-electron chi connectivity index (χ1n) is 8.61. The quantitative estimate of drug-likeness (QED) is 0.822. The van der Waals surface area contributed by atoms with Gasteiger partial charge in [0, 0.05) is 32.7 Å². The second kappa shape index (κ2) is 8.39. The molecule has 1 saturated heterocycles. The molecule has 6 nitrogen and oxygen atoms in total. The molecule has 2 aromatic rings. The molecule has 0 aliphatic carbocycles. The third-order valence-corrected chi connectivity index (χ3v) is 4.24. The van der Waals surface area contributed by atoms with E-state index in [1.165, 1.54) is 29.2 Å². The topological polar surface area (TPSA) is 62.2 Å². The van der Waals surface area contributed by atoms with Gasteiger partial charge in [-0.3, -0.25) is 4.90 Å². The van der Waals surface area contributed by atoms with Crippen LogP contribution in [0.5, 0.6) is 17.2 Å². The van der Waals surface area contributed by atoms with Crippen LogP contribution in [-0.2, 0) is 6.54 Å². The molecule has 28 heavy (non-hydrogen) atoms. The number of nitrogens with zero attached hydrogens (tertiary/aromatic N) is 2. The summed E-state index contributed by atoms with van der Waals surface area (Å²) in [7, 11) is 0. The second-order valence-corrected chi connectivity index (χ2v) is 6.31. The lowest BCUT2D eigenvalue weighted by atomic mass is 10.2. The minimum atomic E-state index is -4.73. The SMILES string of the molecule is O=C(O)N1CCN(Cc2cccc(Oc3ccc(OC(F)(F)F)cc3)c2)CC1. The van der Waals surface area contributed by atoms with Gasteiger partial charge in [0.05, 0.1) is 0 Å². The van der Waals surface area contributed by atoms with Crippen LogP contribution in [0.25, 0.3) is 0 Å². The molecule has 2 aromatic carbocycles. The number of piperazine rings is 1. The molecule has 0 spiro atoms. The predicted molar refractivity (Wildman–Crippen MR) is 94.5 cm³/mol. The van der Waals surface area contributed by atoms with E-state index in [1.54, 1.807) is 6.07 Å². The van der Waals surface area contributed by atoms with Crippen molar-refractivity contribution in [1.29, 1.82) is 0 Å². The summed E-state index contributed by atoms with van der Waals surface area (Å²) in [5.41, 5.74) is 0.998. The van der Waals surface area contributed by atoms with E-state index in [1.807, 2.05) is 18.2 Å². The summed E-state index contributed by atoms with van der Waals surface area (Å²) in [5, 5.41) is 8.99. The van der Waals surface area contributed by atoms with E-state index < -0.39 is 12.5 Å². The number of hydrogen-bond donors (Lipinski definition) is 1. The zero-order valence-electron chi connectivity index (χ0n) is 14.9. The molecular formula is C19H19F3N2O4. The van der Waals surface area contributed by atoms with E-state index in [9.17, 15) is 18.0 Å². The molecule has 1 aliphatic rings. The molecule has 1 aliphatic heterocycles. The van der Waals surface area contributed by atoms with Crippen molar-refractivity contribution in [3.8, 4) is 17.2 Å². The smallest absolute Gasteiger partial charge is 0.465 e. The molecule has 150 valence electrons. The third kappa shape index (κ3) is 5.78. The van der Waals surface area contributed by atoms with Crippen molar-refractivity contribution < 1.29 is 32.5 Å². The van der Waals surface area contributed by atoms with Gasteiger partial charge in [-0.15, -0.1) is 13.2 Å². The van der Waals surface area contributed by atoms with Crippen molar-refractivity contribution in [3.63, 3.8) is 0 Å². The summed E-state index contributed by atoms with van der Waals surface area (Å²) in [5.74, 6) is 0.641. The van der Waals surface area contributed by atoms with Crippen LogP contribution in [0, 0.1) is 0 Å². The molecule has 1 fully saturated rings. The highest BCUT2D eigenvalue weighted by Crippen LogP contribution is 2.28. The Labute approximate surface area is 159 Å². The van der Waals surface area contributed by atoms with Crippen LogP contribution in [0.2, 0.25) is 0 Å². The Balaban J connectivity index is 1.57. The largest absolute Gasteiger partial charge is 0.573 e. The molecular weight excluding hydrogens is 377 g/mol. The minimum Gasteiger partial charge on any atom is -0.465 e. The maximum absolute atomic E-state index is 12.2. The van der Waals surface area contributed by atoms with Crippen molar-refractivity contribution in [1.82, 2.24) is 9.80 Å². The summed E-state index contributed by atoms with van der Waals surface area (Å²) in [6.45, 7) is 2.90. The first kappa shape index (κ1) is 19.8. The summed E-state index contributed by atoms with van der Waals surface area (Å²) < 4.78 is 46.1. The van der Waals surface area contributed by atoms with Crippen LogP contribution in [0.3, 0.4) is 0 Å². The average molecular weight is 396 g/mol. The van der Waals surface area contributed by atoms with Crippen molar-refractivity contribution in [2.24, 2.45) is 0 Å². The normalized spacial score (nSPS) is 15.3. The zero-order valence-corrected chi connectivity index (χ0v) is 14.9. The Morgan fingerprint density at radius 2 is 1.61 bits per heavy atom. The van der Waals surface area contributed by atoms with Crippen molar-refractivity contribution in [3.05, 3.63) is 54.1 Å². The lowest BCUT2D eigenvalue weighted by molar-refractivity contribution is -0.274. The first-order valence-corrected chi connectivity index (χ1v) is 8.61. The Hall–Kier alpha value is -2.94. The lowest BCUT2D eigenvalue weighted by Gasteiger charge is -2.33. The fourth-order valence-electron chi connectivity index (χ4n) is 2.91. The second-order valence-electron chi connectivity index (χ2n) is 6.31. The van der Waals surface area contributed by atoms with E-state index in [-0.39, 0.29) is 5.75 Å². The molecule has 1 N–H and O–H groups in total. The van der Waals surface area contributed by atoms with Gasteiger partial charge in [0.15, 0.2) is 0 Å². The van der Waals surface area contributed by atoms with Crippen LogP contribution in [0.15, 0.2) is 48.5 Å². The summed E-state index contributed by atoms with van der Waals surface area (Å²) in [4.78, 5) is 14.5. The van der Waals surface area contributed by atoms with Crippen LogP contribution < -0.4 is 9.47 Å². The Bertz CT molecular complexity index is 804. The minimum absolute atomic E-state index is 0.311. The molecule has 0 saturated carbocycles. The van der Waals surface area contributed by atoms with Gasteiger partial charge in [-0.2, -0.15) is 0 Å². The molecule has 1 amide bonds. The van der Waals surface area contributed by atoms with E-state index in [0.29, 0.717) is 44.2 Å². The maximum Gasteiger partial charge on any atom is 0.573 e. The molecule has 0 aromatic heterocycles. The van der Waals surface area contributed by atoms with Gasteiger partial charge in [-0.05, 0) is 42.0 Å². The maximum atomic E-state index is 12.2. The highest BCUT2D eigenvalue weighted by molar-refractivity contribution is 5.65. The van der Waals surface area contributed by atoms with Crippen molar-refractivity contribution in [2.75, 3.05) is 26.2 Å². The first-order chi connectivity index (χ1) is 13.3. The molecule has 1 heterocycles. The number of ether oxygens (including phenoxy) is 2. The highest BCUT2D eigenvalue weighted by Gasteiger charge is 2.31. The summed E-state index contributed by atoms with van der Waals surface area (Å²) >= 11 is 0. The van der Waals surface area contributed by atoms with E-state index in [0.717, 1.165) is 5.56 Å². The fourth-order valence-corrected chi connectivity index (χ4v) is 2.91. The highest BCUT2D eigenvalue weighted by atomic mass is 19.4. The molecule has 0 unspecified atom stereocenters. The van der Waals surface area contributed by atoms with Crippen LogP contribution in [0.4, 0.5) is 18.0 Å². The summed E-state index contributed by atoms with van der Waals surface area (Å²) in [6.07, 6.45) is -5.63. The molecule has 3 rings (SSSR count). The van der Waals surface area contributed by atoms with Crippen molar-refractivity contribution >= 4 is 6.09 Å². The Morgan fingerprint density at radius 1 is 0.964 bits per heavy atom. The Morgan fingerprint density at radius 3 is 2.21 bits per heavy atom. The summed E-state index contributed by atoms with van der Waals surface area (Å²) in [6, 6.07) is 12.6. The molecule has 0 atom stereocenters. The zero-order chi connectivity index (χ0) is 20.1. The van der Waals surface area contributed by atoms with Gasteiger partial charge in [-0.1, -0.05) is 12.1 Å². The number of carboxylic acid groups (broad SMARTS) is 1. The van der Waals surface area contributed by atoms with Crippen LogP contribution >= 0.6 is 0 Å². The van der Waals surface area contributed by atoms with Gasteiger partial charge in [0.25, 0.3) is 0 Å². The average Bonchev–Trinajstić information content (AvgIpc) is 2.63. The van der Waals surface area contributed by atoms with Gasteiger partial charge in [0.2, 0.25) is 0 Å². The monoisotopic (exact) mass is 396 g/mol. The van der Waals surface area contributed by atoms with E-state index in [4.69, 9.17) is 9.84 Å². The van der Waals surface area contributed by atoms with E-state index in [2.05, 4.69) is 9.64 Å². The van der Waals surface area contributed by atoms with Gasteiger partial charge in [-0.25, -0.2) is 4.79 Å². The standard InChI is InChI=1S/C19H19F3N2O4/c20-19(21,22)28-16-6-4-15(5-7-16)27-17-3-1-2-14(12-17)13-23-8-10-24(11-9-23)18(25)26/h1-7,12H,8-11,13H2,(H,25,26).